The first-order chi connectivity index (χ1) is 23.9. The number of imidazole rings is 1. The molecule has 0 aliphatic carbocycles. The van der Waals surface area contributed by atoms with E-state index in [1.165, 1.54) is 25.3 Å². The van der Waals surface area contributed by atoms with Crippen molar-refractivity contribution in [3.8, 4) is 5.75 Å². The fourth-order valence-electron chi connectivity index (χ4n) is 6.62. The molecule has 49 heavy (non-hydrogen) atoms. The van der Waals surface area contributed by atoms with E-state index in [9.17, 15) is 9.18 Å². The zero-order chi connectivity index (χ0) is 34.2. The van der Waals surface area contributed by atoms with Crippen LogP contribution in [0.15, 0.2) is 42.5 Å². The average Bonchev–Trinajstić information content (AvgIpc) is 3.47. The maximum absolute atomic E-state index is 14.7. The number of piperidine rings is 1. The van der Waals surface area contributed by atoms with Crippen LogP contribution >= 0.6 is 0 Å². The minimum atomic E-state index is -0.520. The summed E-state index contributed by atoms with van der Waals surface area (Å²) in [7, 11) is 1.68. The van der Waals surface area contributed by atoms with E-state index >= 15 is 0 Å². The van der Waals surface area contributed by atoms with E-state index < -0.39 is 12.1 Å². The van der Waals surface area contributed by atoms with Crippen LogP contribution in [-0.2, 0) is 33.7 Å². The van der Waals surface area contributed by atoms with E-state index in [-0.39, 0.29) is 24.7 Å². The number of unbranched alkanes of at least 4 members (excludes halogenated alkanes) is 1. The molecule has 2 aromatic heterocycles. The number of aromatic nitrogens is 3. The van der Waals surface area contributed by atoms with Crippen molar-refractivity contribution in [2.45, 2.75) is 71.1 Å². The number of carbonyl (C=O) groups excluding carboxylic acids is 1. The Hall–Kier alpha value is -4.04. The van der Waals surface area contributed by atoms with Gasteiger partial charge in [-0.05, 0) is 69.5 Å². The number of amides is 2. The Balaban J connectivity index is 1.14. The first-order valence-corrected chi connectivity index (χ1v) is 17.4. The van der Waals surface area contributed by atoms with Gasteiger partial charge in [-0.25, -0.2) is 19.2 Å². The van der Waals surface area contributed by atoms with Gasteiger partial charge in [0.2, 0.25) is 0 Å². The van der Waals surface area contributed by atoms with Gasteiger partial charge in [0.1, 0.15) is 17.9 Å². The summed E-state index contributed by atoms with van der Waals surface area (Å²) in [6.45, 7) is 7.43. The average molecular weight is 678 g/mol. The zero-order valence-electron chi connectivity index (χ0n) is 28.5. The molecule has 264 valence electrons. The molecule has 2 aliphatic rings. The van der Waals surface area contributed by atoms with Crippen molar-refractivity contribution in [2.24, 2.45) is 0 Å². The molecule has 0 spiro atoms. The Morgan fingerprint density at radius 2 is 1.92 bits per heavy atom. The topological polar surface area (TPSA) is 129 Å². The number of ether oxygens (including phenoxy) is 4. The van der Waals surface area contributed by atoms with Crippen molar-refractivity contribution >= 4 is 33.8 Å². The van der Waals surface area contributed by atoms with Crippen LogP contribution in [0.5, 0.6) is 5.75 Å². The lowest BCUT2D eigenvalue weighted by Crippen LogP contribution is -2.44. The normalized spacial score (nSPS) is 18.1. The fraction of sp³-hybridized carbons (Fsp3) is 0.528. The van der Waals surface area contributed by atoms with E-state index in [1.54, 1.807) is 31.1 Å². The number of nitrogens with zero attached hydrogens (tertiary/aromatic N) is 5. The van der Waals surface area contributed by atoms with Crippen LogP contribution in [0.3, 0.4) is 0 Å². The molecule has 4 heterocycles. The molecule has 6 rings (SSSR count). The minimum Gasteiger partial charge on any atom is -0.485 e. The van der Waals surface area contributed by atoms with Crippen LogP contribution in [0.4, 0.5) is 15.0 Å². The molecule has 2 aliphatic heterocycles. The number of fused-ring (bicyclic) bond motifs is 3. The third-order valence-corrected chi connectivity index (χ3v) is 9.15. The van der Waals surface area contributed by atoms with Gasteiger partial charge in [0.05, 0.1) is 17.6 Å². The van der Waals surface area contributed by atoms with Gasteiger partial charge in [-0.3, -0.25) is 0 Å². The van der Waals surface area contributed by atoms with Gasteiger partial charge in [-0.2, -0.15) is 0 Å². The number of para-hydroxylation sites is 1. The van der Waals surface area contributed by atoms with Crippen molar-refractivity contribution in [1.82, 2.24) is 29.7 Å². The van der Waals surface area contributed by atoms with E-state index in [2.05, 4.69) is 19.8 Å². The lowest BCUT2D eigenvalue weighted by atomic mass is 10.1. The number of halogens is 1. The van der Waals surface area contributed by atoms with Gasteiger partial charge >= 0.3 is 6.03 Å². The number of anilines is 1. The number of methoxy groups -OCH3 is 1. The third-order valence-electron chi connectivity index (χ3n) is 9.15. The monoisotopic (exact) mass is 677 g/mol. The Kier molecular flexibility index (Phi) is 11.8. The number of nitrogen functional groups attached to an aromatic ring is 1. The molecule has 2 fully saturated rings. The molecule has 0 bridgehead atoms. The number of nitrogens with two attached hydrogens (primary N) is 1. The molecule has 0 saturated carbocycles. The summed E-state index contributed by atoms with van der Waals surface area (Å²) in [5.74, 6) is 0.920. The summed E-state index contributed by atoms with van der Waals surface area (Å²) in [4.78, 5) is 27.3. The highest BCUT2D eigenvalue weighted by molar-refractivity contribution is 6.06. The molecule has 13 heteroatoms. The summed E-state index contributed by atoms with van der Waals surface area (Å²) in [6, 6.07) is 12.5. The third kappa shape index (κ3) is 8.77. The first kappa shape index (κ1) is 34.8. The Morgan fingerprint density at radius 3 is 2.71 bits per heavy atom. The maximum atomic E-state index is 14.7. The van der Waals surface area contributed by atoms with Crippen molar-refractivity contribution < 1.29 is 28.1 Å². The van der Waals surface area contributed by atoms with Crippen LogP contribution in [0.25, 0.3) is 21.9 Å². The number of nitrogens with one attached hydrogen (secondary N) is 1. The first-order valence-electron chi connectivity index (χ1n) is 17.4. The number of carbonyl (C=O) groups is 1. The molecule has 0 radical (unpaired) electrons. The lowest BCUT2D eigenvalue weighted by Gasteiger charge is -2.33. The van der Waals surface area contributed by atoms with Crippen LogP contribution < -0.4 is 15.8 Å². The number of pyridine rings is 1. The maximum Gasteiger partial charge on any atom is 0.317 e. The largest absolute Gasteiger partial charge is 0.485 e. The Bertz CT molecular complexity index is 1710. The van der Waals surface area contributed by atoms with Gasteiger partial charge in [0.15, 0.2) is 30.0 Å². The summed E-state index contributed by atoms with van der Waals surface area (Å²) < 4.78 is 38.8. The Morgan fingerprint density at radius 1 is 1.10 bits per heavy atom. The van der Waals surface area contributed by atoms with Gasteiger partial charge < -0.3 is 44.4 Å². The van der Waals surface area contributed by atoms with Crippen LogP contribution in [0, 0.1) is 5.82 Å². The van der Waals surface area contributed by atoms with Gasteiger partial charge in [-0.1, -0.05) is 30.7 Å². The van der Waals surface area contributed by atoms with E-state index in [4.69, 9.17) is 29.7 Å². The predicted octanol–water partition coefficient (Wildman–Crippen LogP) is 5.07. The highest BCUT2D eigenvalue weighted by Crippen LogP contribution is 2.29. The molecule has 4 aromatic rings. The molecule has 0 unspecified atom stereocenters. The number of rotatable bonds is 16. The second-order valence-electron chi connectivity index (χ2n) is 12.7. The number of urea groups is 1. The van der Waals surface area contributed by atoms with Crippen molar-refractivity contribution in [3.05, 3.63) is 59.7 Å². The number of aryl methyl sites for hydroxylation is 1. The number of hydrogen-bond acceptors (Lipinski definition) is 9. The van der Waals surface area contributed by atoms with Crippen LogP contribution in [0.2, 0.25) is 0 Å². The highest BCUT2D eigenvalue weighted by Gasteiger charge is 2.28. The van der Waals surface area contributed by atoms with Crippen molar-refractivity contribution in [1.29, 1.82) is 0 Å². The van der Waals surface area contributed by atoms with Crippen LogP contribution in [0.1, 0.15) is 50.4 Å². The molecule has 2 aromatic carbocycles. The van der Waals surface area contributed by atoms with Gasteiger partial charge in [-0.15, -0.1) is 0 Å². The smallest absolute Gasteiger partial charge is 0.317 e. The zero-order valence-corrected chi connectivity index (χ0v) is 28.5. The van der Waals surface area contributed by atoms with E-state index in [0.717, 1.165) is 60.3 Å². The molecule has 0 atom stereocenters. The molecule has 12 nitrogen and oxygen atoms in total. The second-order valence-corrected chi connectivity index (χ2v) is 12.7. The predicted molar refractivity (Wildman–Crippen MR) is 186 cm³/mol. The number of benzene rings is 2. The molecular weight excluding hydrogens is 629 g/mol. The summed E-state index contributed by atoms with van der Waals surface area (Å²) in [5, 5.41) is 4.13. The number of likely N-dealkylation sites (tertiary alicyclic amines) is 1. The van der Waals surface area contributed by atoms with E-state index in [1.807, 2.05) is 24.3 Å². The van der Waals surface area contributed by atoms with Gasteiger partial charge in [0, 0.05) is 51.6 Å². The van der Waals surface area contributed by atoms with Crippen LogP contribution in [-0.4, -0.2) is 96.0 Å². The minimum absolute atomic E-state index is 0.0811. The standard InChI is InChI=1S/C36H48FN7O5/c1-25-48-32(49-25)24-47-30-22-26(12-13-28(30)37)23-43(36(45)39-15-20-42-16-6-3-7-17-42)18-8-9-19-44-31(14-21-46-2)41-33-34(44)27-10-4-5-11-29(27)40-35(33)38/h4-5,10-13,22,25,32H,3,6-9,14-21,23-24H2,1-2H3,(H2,38,40)(H,39,45). The lowest BCUT2D eigenvalue weighted by molar-refractivity contribution is -0.380. The quantitative estimate of drug-likeness (QED) is 0.156. The highest BCUT2D eigenvalue weighted by atomic mass is 19.1. The second kappa shape index (κ2) is 16.6. The summed E-state index contributed by atoms with van der Waals surface area (Å²) in [6.07, 6.45) is 5.02. The molecule has 2 amide bonds. The fourth-order valence-corrected chi connectivity index (χ4v) is 6.62. The van der Waals surface area contributed by atoms with Crippen molar-refractivity contribution in [3.63, 3.8) is 0 Å². The number of hydrogen-bond donors (Lipinski definition) is 2. The summed E-state index contributed by atoms with van der Waals surface area (Å²) >= 11 is 0. The molecule has 3 N–H and O–H groups in total. The molecular formula is C36H48FN7O5. The van der Waals surface area contributed by atoms with Gasteiger partial charge in [0.25, 0.3) is 0 Å². The Labute approximate surface area is 286 Å². The molecule has 2 saturated heterocycles. The van der Waals surface area contributed by atoms with E-state index in [0.29, 0.717) is 50.5 Å². The summed E-state index contributed by atoms with van der Waals surface area (Å²) in [5.41, 5.74) is 9.62. The SMILES string of the molecule is COCCc1nc2c(N)nc3ccccc3c2n1CCCCN(Cc1ccc(F)c(OCC2OC(C)O2)c1)C(=O)NCCN1CCCCC1. The van der Waals surface area contributed by atoms with Crippen molar-refractivity contribution in [2.75, 3.05) is 58.8 Å².